The molecule has 6 rings (SSSR count). The van der Waals surface area contributed by atoms with Crippen LogP contribution < -0.4 is 5.56 Å². The third kappa shape index (κ3) is 3.12. The molecule has 9 nitrogen and oxygen atoms in total. The summed E-state index contributed by atoms with van der Waals surface area (Å²) in [6.07, 6.45) is -0.00853. The molecule has 3 N–H and O–H groups in total. The van der Waals surface area contributed by atoms with Crippen LogP contribution in [0, 0.1) is 5.82 Å². The average Bonchev–Trinajstić information content (AvgIpc) is 3.24. The Morgan fingerprint density at radius 3 is 2.57 bits per heavy atom. The first kappa shape index (κ1) is 22.9. The number of carbonyl (C=O) groups excluding carboxylic acids is 1. The van der Waals surface area contributed by atoms with Crippen LogP contribution in [0.5, 0.6) is 5.75 Å². The maximum absolute atomic E-state index is 14.4. The van der Waals surface area contributed by atoms with Gasteiger partial charge in [0, 0.05) is 22.6 Å². The normalized spacial score (nSPS) is 17.8. The number of hydrogen-bond acceptors (Lipinski definition) is 7. The number of hydrogen-bond donors (Lipinski definition) is 3. The smallest absolute Gasteiger partial charge is 0.343 e. The van der Waals surface area contributed by atoms with Crippen LogP contribution in [0.2, 0.25) is 0 Å². The minimum Gasteiger partial charge on any atom is -0.505 e. The molecule has 2 aliphatic rings. The number of benzene rings is 2. The number of carboxylic acids is 1. The molecule has 0 unspecified atom stereocenters. The Balaban J connectivity index is 1.68. The van der Waals surface area contributed by atoms with E-state index in [4.69, 9.17) is 4.74 Å². The van der Waals surface area contributed by atoms with Gasteiger partial charge in [-0.15, -0.1) is 0 Å². The molecule has 10 heteroatoms. The van der Waals surface area contributed by atoms with Crippen molar-refractivity contribution < 1.29 is 34.0 Å². The summed E-state index contributed by atoms with van der Waals surface area (Å²) in [5.41, 5.74) is 0.575. The summed E-state index contributed by atoms with van der Waals surface area (Å²) in [5.74, 6) is -3.39. The molecular weight excluding hydrogens is 483 g/mol. The molecule has 2 aliphatic heterocycles. The number of aromatic hydroxyl groups is 1. The second-order valence-electron chi connectivity index (χ2n) is 9.12. The number of halogens is 1. The molecule has 0 fully saturated rings. The van der Waals surface area contributed by atoms with E-state index in [1.807, 2.05) is 0 Å². The van der Waals surface area contributed by atoms with Crippen molar-refractivity contribution in [3.8, 4) is 28.3 Å². The van der Waals surface area contributed by atoms with Gasteiger partial charge >= 0.3 is 11.9 Å². The second kappa shape index (κ2) is 7.71. The lowest BCUT2D eigenvalue weighted by atomic mass is 9.86. The van der Waals surface area contributed by atoms with E-state index < -0.39 is 34.7 Å². The highest BCUT2D eigenvalue weighted by atomic mass is 19.1. The standard InChI is InChI=1S/C27H19FN2O7/c1-2-27(36)17-8-20-23-15(10-30(20)24(32)16(17)11-37-26(27)35)22(12-3-5-13(6-4-12)25(33)34)14-7-21(31)18(28)9-19(14)29-23/h3-9,31,36H,2,10-11H2,1H3,(H,33,34)/t27-/m0/s1. The number of pyridine rings is 2. The highest BCUT2D eigenvalue weighted by Gasteiger charge is 2.45. The number of aromatic nitrogens is 2. The number of carbonyl (C=O) groups is 2. The van der Waals surface area contributed by atoms with Crippen LogP contribution in [0.3, 0.4) is 0 Å². The number of fused-ring (bicyclic) bond motifs is 5. The molecule has 2 aromatic carbocycles. The molecule has 37 heavy (non-hydrogen) atoms. The zero-order valence-corrected chi connectivity index (χ0v) is 19.4. The summed E-state index contributed by atoms with van der Waals surface area (Å²) in [4.78, 5) is 41.9. The predicted molar refractivity (Wildman–Crippen MR) is 129 cm³/mol. The van der Waals surface area contributed by atoms with E-state index in [-0.39, 0.29) is 41.8 Å². The lowest BCUT2D eigenvalue weighted by Crippen LogP contribution is -2.44. The van der Waals surface area contributed by atoms with Crippen molar-refractivity contribution in [3.63, 3.8) is 0 Å². The number of cyclic esters (lactones) is 1. The maximum atomic E-state index is 14.4. The van der Waals surface area contributed by atoms with Gasteiger partial charge in [-0.05, 0) is 41.8 Å². The number of rotatable bonds is 3. The second-order valence-corrected chi connectivity index (χ2v) is 9.12. The van der Waals surface area contributed by atoms with Gasteiger partial charge in [-0.1, -0.05) is 19.1 Å². The highest BCUT2D eigenvalue weighted by molar-refractivity contribution is 6.01. The third-order valence-electron chi connectivity index (χ3n) is 7.18. The van der Waals surface area contributed by atoms with Gasteiger partial charge in [0.2, 0.25) is 0 Å². The van der Waals surface area contributed by atoms with E-state index in [1.165, 1.54) is 22.8 Å². The summed E-state index contributed by atoms with van der Waals surface area (Å²) in [6, 6.07) is 9.93. The van der Waals surface area contributed by atoms with Crippen LogP contribution in [0.4, 0.5) is 4.39 Å². The van der Waals surface area contributed by atoms with E-state index in [0.29, 0.717) is 33.5 Å². The Bertz CT molecular complexity index is 1740. The van der Waals surface area contributed by atoms with E-state index in [0.717, 1.165) is 6.07 Å². The first-order chi connectivity index (χ1) is 17.6. The van der Waals surface area contributed by atoms with Crippen molar-refractivity contribution in [2.45, 2.75) is 32.1 Å². The molecule has 0 amide bonds. The maximum Gasteiger partial charge on any atom is 0.343 e. The van der Waals surface area contributed by atoms with Gasteiger partial charge in [-0.3, -0.25) is 4.79 Å². The Kier molecular flexibility index (Phi) is 4.77. The summed E-state index contributed by atoms with van der Waals surface area (Å²) in [5, 5.41) is 30.9. The number of aromatic carboxylic acids is 1. The zero-order chi connectivity index (χ0) is 26.2. The molecule has 0 saturated heterocycles. The zero-order valence-electron chi connectivity index (χ0n) is 19.4. The van der Waals surface area contributed by atoms with Crippen molar-refractivity contribution in [2.24, 2.45) is 0 Å². The number of phenols is 1. The summed E-state index contributed by atoms with van der Waals surface area (Å²) in [6.45, 7) is 1.41. The molecule has 2 aromatic heterocycles. The molecule has 0 aliphatic carbocycles. The van der Waals surface area contributed by atoms with E-state index in [1.54, 1.807) is 25.1 Å². The van der Waals surface area contributed by atoms with E-state index in [2.05, 4.69) is 4.98 Å². The Morgan fingerprint density at radius 1 is 1.16 bits per heavy atom. The molecule has 0 radical (unpaired) electrons. The van der Waals surface area contributed by atoms with Crippen molar-refractivity contribution in [1.29, 1.82) is 0 Å². The molecule has 4 aromatic rings. The number of ether oxygens (including phenoxy) is 1. The lowest BCUT2D eigenvalue weighted by molar-refractivity contribution is -0.172. The molecule has 186 valence electrons. The van der Waals surface area contributed by atoms with Crippen LogP contribution in [-0.2, 0) is 28.3 Å². The number of esters is 1. The predicted octanol–water partition coefficient (Wildman–Crippen LogP) is 3.29. The van der Waals surface area contributed by atoms with Gasteiger partial charge in [0.05, 0.1) is 34.6 Å². The van der Waals surface area contributed by atoms with Gasteiger partial charge in [0.1, 0.15) is 6.61 Å². The van der Waals surface area contributed by atoms with Crippen LogP contribution in [-0.4, -0.2) is 36.8 Å². The van der Waals surface area contributed by atoms with Gasteiger partial charge in [0.15, 0.2) is 17.2 Å². The minimum absolute atomic E-state index is 0.00853. The molecule has 4 heterocycles. The number of aliphatic hydroxyl groups is 1. The fourth-order valence-corrected chi connectivity index (χ4v) is 5.20. The van der Waals surface area contributed by atoms with Crippen molar-refractivity contribution in [3.05, 3.63) is 80.9 Å². The summed E-state index contributed by atoms with van der Waals surface area (Å²) < 4.78 is 20.9. The topological polar surface area (TPSA) is 139 Å². The van der Waals surface area contributed by atoms with Crippen LogP contribution in [0.15, 0.2) is 47.3 Å². The van der Waals surface area contributed by atoms with Gasteiger partial charge in [-0.2, -0.15) is 0 Å². The van der Waals surface area contributed by atoms with Gasteiger partial charge in [-0.25, -0.2) is 19.0 Å². The molecule has 0 bridgehead atoms. The Hall–Kier alpha value is -4.57. The average molecular weight is 502 g/mol. The monoisotopic (exact) mass is 502 g/mol. The lowest BCUT2D eigenvalue weighted by Gasteiger charge is -2.31. The quantitative estimate of drug-likeness (QED) is 0.320. The van der Waals surface area contributed by atoms with E-state index in [9.17, 15) is 34.1 Å². The number of phenolic OH excluding ortho intramolecular Hbond substituents is 1. The molecule has 1 atom stereocenters. The van der Waals surface area contributed by atoms with Gasteiger partial charge in [0.25, 0.3) is 5.56 Å². The molecule has 0 saturated carbocycles. The highest BCUT2D eigenvalue weighted by Crippen LogP contribution is 2.44. The van der Waals surface area contributed by atoms with Crippen LogP contribution in [0.1, 0.15) is 40.4 Å². The SMILES string of the molecule is CC[C@@]1(O)C(=O)OCc2c1cc1n(c2=O)Cc2c-1nc1cc(F)c(O)cc1c2-c1ccc(C(=O)O)cc1. The van der Waals surface area contributed by atoms with E-state index >= 15 is 0 Å². The van der Waals surface area contributed by atoms with Gasteiger partial charge < -0.3 is 24.6 Å². The number of carboxylic acid groups (broad SMARTS) is 1. The molecule has 0 spiro atoms. The Morgan fingerprint density at radius 2 is 1.89 bits per heavy atom. The van der Waals surface area contributed by atoms with Crippen molar-refractivity contribution in [2.75, 3.05) is 0 Å². The van der Waals surface area contributed by atoms with Crippen molar-refractivity contribution >= 4 is 22.8 Å². The van der Waals surface area contributed by atoms with Crippen LogP contribution >= 0.6 is 0 Å². The van der Waals surface area contributed by atoms with Crippen molar-refractivity contribution in [1.82, 2.24) is 9.55 Å². The fourth-order valence-electron chi connectivity index (χ4n) is 5.20. The minimum atomic E-state index is -1.99. The summed E-state index contributed by atoms with van der Waals surface area (Å²) >= 11 is 0. The van der Waals surface area contributed by atoms with Crippen LogP contribution in [0.25, 0.3) is 33.4 Å². The molecular formula is C27H19FN2O7. The third-order valence-corrected chi connectivity index (χ3v) is 7.18. The Labute approximate surface area is 208 Å². The number of nitrogens with zero attached hydrogens (tertiary/aromatic N) is 2. The summed E-state index contributed by atoms with van der Waals surface area (Å²) in [7, 11) is 0. The first-order valence-corrected chi connectivity index (χ1v) is 11.5. The fraction of sp³-hybridized carbons (Fsp3) is 0.185. The first-order valence-electron chi connectivity index (χ1n) is 11.5. The largest absolute Gasteiger partial charge is 0.505 e.